The molecule has 0 aliphatic heterocycles. The van der Waals surface area contributed by atoms with E-state index in [4.69, 9.17) is 5.73 Å². The lowest BCUT2D eigenvalue weighted by Crippen LogP contribution is -2.27. The molecule has 0 radical (unpaired) electrons. The van der Waals surface area contributed by atoms with Crippen molar-refractivity contribution in [2.75, 3.05) is 37.8 Å². The molecule has 0 saturated heterocycles. The zero-order valence-corrected chi connectivity index (χ0v) is 9.62. The number of aromatic nitrogens is 2. The first kappa shape index (κ1) is 10.8. The van der Waals surface area contributed by atoms with Gasteiger partial charge in [0.1, 0.15) is 0 Å². The van der Waals surface area contributed by atoms with Crippen molar-refractivity contribution in [1.29, 1.82) is 0 Å². The summed E-state index contributed by atoms with van der Waals surface area (Å²) < 4.78 is 0. The lowest BCUT2D eigenvalue weighted by atomic mass is 10.2. The van der Waals surface area contributed by atoms with Crippen molar-refractivity contribution >= 4 is 22.3 Å². The molecular formula is C11H17N5. The number of nitrogens with one attached hydrogen (secondary N) is 2. The largest absolute Gasteiger partial charge is 0.397 e. The van der Waals surface area contributed by atoms with Crippen LogP contribution >= 0.6 is 0 Å². The Labute approximate surface area is 94.6 Å². The molecule has 2 aromatic rings. The monoisotopic (exact) mass is 219 g/mol. The van der Waals surface area contributed by atoms with Gasteiger partial charge in [0.2, 0.25) is 0 Å². The predicted molar refractivity (Wildman–Crippen MR) is 67.7 cm³/mol. The summed E-state index contributed by atoms with van der Waals surface area (Å²) in [6, 6.07) is 3.98. The normalized spacial score (nSPS) is 10.9. The fourth-order valence-corrected chi connectivity index (χ4v) is 1.73. The molecule has 0 atom stereocenters. The van der Waals surface area contributed by atoms with Crippen molar-refractivity contribution in [2.24, 2.45) is 0 Å². The zero-order valence-electron chi connectivity index (χ0n) is 9.62. The molecule has 5 nitrogen and oxygen atoms in total. The Morgan fingerprint density at radius 3 is 3.06 bits per heavy atom. The van der Waals surface area contributed by atoms with E-state index in [0.717, 1.165) is 35.4 Å². The minimum atomic E-state index is 0.785. The number of fused-ring (bicyclic) bond motifs is 1. The molecule has 1 aromatic heterocycles. The van der Waals surface area contributed by atoms with Crippen LogP contribution in [0, 0.1) is 0 Å². The van der Waals surface area contributed by atoms with Crippen molar-refractivity contribution in [2.45, 2.75) is 0 Å². The van der Waals surface area contributed by atoms with Crippen LogP contribution in [-0.4, -0.2) is 37.4 Å². The summed E-state index contributed by atoms with van der Waals surface area (Å²) in [5, 5.41) is 11.1. The quantitative estimate of drug-likeness (QED) is 0.665. The molecule has 0 bridgehead atoms. The lowest BCUT2D eigenvalue weighted by molar-refractivity contribution is 0.768. The first-order valence-electron chi connectivity index (χ1n) is 5.30. The van der Waals surface area contributed by atoms with E-state index in [2.05, 4.69) is 20.4 Å². The van der Waals surface area contributed by atoms with Crippen LogP contribution in [0.25, 0.3) is 10.9 Å². The Hall–Kier alpha value is -1.75. The van der Waals surface area contributed by atoms with Gasteiger partial charge in [0.25, 0.3) is 0 Å². The van der Waals surface area contributed by atoms with Crippen LogP contribution < -0.4 is 16.0 Å². The van der Waals surface area contributed by atoms with Gasteiger partial charge >= 0.3 is 0 Å². The number of H-pyrrole nitrogens is 1. The van der Waals surface area contributed by atoms with Gasteiger partial charge in [-0.2, -0.15) is 5.10 Å². The van der Waals surface area contributed by atoms with Gasteiger partial charge < -0.3 is 16.0 Å². The Bertz CT molecular complexity index is 476. The molecule has 1 heterocycles. The summed E-state index contributed by atoms with van der Waals surface area (Å²) in [5.41, 5.74) is 8.85. The SMILES string of the molecule is CNCCN(C)c1cc2[nH]ncc2cc1N. The number of anilines is 2. The summed E-state index contributed by atoms with van der Waals surface area (Å²) >= 11 is 0. The Kier molecular flexibility index (Phi) is 2.96. The number of aromatic amines is 1. The number of nitrogen functional groups attached to an aromatic ring is 1. The molecule has 0 fully saturated rings. The van der Waals surface area contributed by atoms with E-state index < -0.39 is 0 Å². The second-order valence-electron chi connectivity index (χ2n) is 3.89. The van der Waals surface area contributed by atoms with Gasteiger partial charge in [-0.25, -0.2) is 0 Å². The highest BCUT2D eigenvalue weighted by Gasteiger charge is 2.07. The maximum Gasteiger partial charge on any atom is 0.0672 e. The van der Waals surface area contributed by atoms with Crippen LogP contribution in [0.5, 0.6) is 0 Å². The van der Waals surface area contributed by atoms with Gasteiger partial charge in [-0.3, -0.25) is 5.10 Å². The maximum absolute atomic E-state index is 6.01. The van der Waals surface area contributed by atoms with Gasteiger partial charge in [-0.1, -0.05) is 0 Å². The molecule has 0 aliphatic rings. The van der Waals surface area contributed by atoms with Crippen LogP contribution in [0.1, 0.15) is 0 Å². The second kappa shape index (κ2) is 4.40. The van der Waals surface area contributed by atoms with Crippen LogP contribution in [0.3, 0.4) is 0 Å². The summed E-state index contributed by atoms with van der Waals surface area (Å²) in [7, 11) is 3.97. The van der Waals surface area contributed by atoms with Gasteiger partial charge in [0.05, 0.1) is 23.1 Å². The standard InChI is InChI=1S/C11H17N5/c1-13-3-4-16(2)11-6-10-8(5-9(11)12)7-14-15-10/h5-7,13H,3-4,12H2,1-2H3,(H,14,15). The molecule has 86 valence electrons. The van der Waals surface area contributed by atoms with E-state index in [1.165, 1.54) is 0 Å². The van der Waals surface area contributed by atoms with Gasteiger partial charge in [0.15, 0.2) is 0 Å². The van der Waals surface area contributed by atoms with Gasteiger partial charge in [-0.15, -0.1) is 0 Å². The topological polar surface area (TPSA) is 70.0 Å². The molecule has 2 rings (SSSR count). The van der Waals surface area contributed by atoms with Crippen LogP contribution in [0.4, 0.5) is 11.4 Å². The van der Waals surface area contributed by atoms with Crippen molar-refractivity contribution in [3.63, 3.8) is 0 Å². The number of hydrogen-bond donors (Lipinski definition) is 3. The minimum Gasteiger partial charge on any atom is -0.397 e. The number of nitrogens with zero attached hydrogens (tertiary/aromatic N) is 2. The number of likely N-dealkylation sites (N-methyl/N-ethyl adjacent to an activating group) is 2. The fraction of sp³-hybridized carbons (Fsp3) is 0.364. The third-order valence-electron chi connectivity index (χ3n) is 2.70. The summed E-state index contributed by atoms with van der Waals surface area (Å²) in [4.78, 5) is 2.13. The molecule has 0 amide bonds. The van der Waals surface area contributed by atoms with Crippen molar-refractivity contribution in [3.05, 3.63) is 18.3 Å². The maximum atomic E-state index is 6.01. The number of nitrogens with two attached hydrogens (primary N) is 1. The summed E-state index contributed by atoms with van der Waals surface area (Å²) in [6.07, 6.45) is 1.78. The first-order chi connectivity index (χ1) is 7.72. The van der Waals surface area contributed by atoms with E-state index in [1.54, 1.807) is 6.20 Å². The fourth-order valence-electron chi connectivity index (χ4n) is 1.73. The first-order valence-corrected chi connectivity index (χ1v) is 5.30. The highest BCUT2D eigenvalue weighted by Crippen LogP contribution is 2.26. The number of rotatable bonds is 4. The van der Waals surface area contributed by atoms with Crippen molar-refractivity contribution in [3.8, 4) is 0 Å². The number of benzene rings is 1. The average molecular weight is 219 g/mol. The molecule has 0 spiro atoms. The number of hydrogen-bond acceptors (Lipinski definition) is 4. The van der Waals surface area contributed by atoms with E-state index in [1.807, 2.05) is 26.2 Å². The molecule has 1 aromatic carbocycles. The third kappa shape index (κ3) is 1.94. The highest BCUT2D eigenvalue weighted by molar-refractivity contribution is 5.88. The predicted octanol–water partition coefficient (Wildman–Crippen LogP) is 0.801. The van der Waals surface area contributed by atoms with Crippen LogP contribution in [0.2, 0.25) is 0 Å². The highest BCUT2D eigenvalue weighted by atomic mass is 15.1. The smallest absolute Gasteiger partial charge is 0.0672 e. The van der Waals surface area contributed by atoms with Crippen LogP contribution in [-0.2, 0) is 0 Å². The third-order valence-corrected chi connectivity index (χ3v) is 2.70. The second-order valence-corrected chi connectivity index (χ2v) is 3.89. The van der Waals surface area contributed by atoms with Crippen molar-refractivity contribution in [1.82, 2.24) is 15.5 Å². The van der Waals surface area contributed by atoms with Crippen molar-refractivity contribution < 1.29 is 0 Å². The van der Waals surface area contributed by atoms with Gasteiger partial charge in [-0.05, 0) is 19.2 Å². The van der Waals surface area contributed by atoms with E-state index in [0.29, 0.717) is 0 Å². The lowest BCUT2D eigenvalue weighted by Gasteiger charge is -2.20. The molecule has 0 aliphatic carbocycles. The zero-order chi connectivity index (χ0) is 11.5. The van der Waals surface area contributed by atoms with Crippen LogP contribution in [0.15, 0.2) is 18.3 Å². The summed E-state index contributed by atoms with van der Waals surface area (Å²) in [6.45, 7) is 1.84. The summed E-state index contributed by atoms with van der Waals surface area (Å²) in [5.74, 6) is 0. The molecule has 4 N–H and O–H groups in total. The van der Waals surface area contributed by atoms with E-state index >= 15 is 0 Å². The Balaban J connectivity index is 2.31. The molecule has 16 heavy (non-hydrogen) atoms. The van der Waals surface area contributed by atoms with E-state index in [-0.39, 0.29) is 0 Å². The molecular weight excluding hydrogens is 202 g/mol. The Morgan fingerprint density at radius 1 is 1.50 bits per heavy atom. The minimum absolute atomic E-state index is 0.785. The molecule has 5 heteroatoms. The van der Waals surface area contributed by atoms with Gasteiger partial charge in [0, 0.05) is 25.5 Å². The molecule has 0 unspecified atom stereocenters. The average Bonchev–Trinajstić information content (AvgIpc) is 2.71. The Morgan fingerprint density at radius 2 is 2.31 bits per heavy atom. The van der Waals surface area contributed by atoms with E-state index in [9.17, 15) is 0 Å². The molecule has 0 saturated carbocycles.